The number of nitrogens with zero attached hydrogens (tertiary/aromatic N) is 1. The van der Waals surface area contributed by atoms with Crippen LogP contribution in [-0.4, -0.2) is 30.6 Å². The van der Waals surface area contributed by atoms with Crippen LogP contribution in [0.3, 0.4) is 0 Å². The van der Waals surface area contributed by atoms with Crippen molar-refractivity contribution in [3.05, 3.63) is 0 Å². The lowest BCUT2D eigenvalue weighted by atomic mass is 9.90. The van der Waals surface area contributed by atoms with Gasteiger partial charge < -0.3 is 5.73 Å². The minimum atomic E-state index is 0.649. The van der Waals surface area contributed by atoms with Crippen molar-refractivity contribution < 1.29 is 0 Å². The Bertz CT molecular complexity index is 189. The Balaban J connectivity index is 2.57. The van der Waals surface area contributed by atoms with Crippen molar-refractivity contribution in [2.45, 2.75) is 84.1 Å². The molecule has 1 atom stereocenters. The summed E-state index contributed by atoms with van der Waals surface area (Å²) in [5, 5.41) is 0. The second-order valence-corrected chi connectivity index (χ2v) is 6.30. The van der Waals surface area contributed by atoms with Crippen LogP contribution in [-0.2, 0) is 0 Å². The Morgan fingerprint density at radius 3 is 1.89 bits per heavy atom. The van der Waals surface area contributed by atoms with E-state index in [4.69, 9.17) is 5.73 Å². The third kappa shape index (κ3) is 6.27. The van der Waals surface area contributed by atoms with Gasteiger partial charge in [-0.25, -0.2) is 0 Å². The summed E-state index contributed by atoms with van der Waals surface area (Å²) in [6.45, 7) is 7.96. The molecule has 0 saturated heterocycles. The fraction of sp³-hybridized carbons (Fsp3) is 1.00. The summed E-state index contributed by atoms with van der Waals surface area (Å²) in [5.41, 5.74) is 6.16. The minimum absolute atomic E-state index is 0.649. The van der Waals surface area contributed by atoms with Crippen LogP contribution < -0.4 is 5.73 Å². The first-order valence-corrected chi connectivity index (χ1v) is 8.77. The van der Waals surface area contributed by atoms with Crippen LogP contribution in [0.15, 0.2) is 0 Å². The van der Waals surface area contributed by atoms with Crippen molar-refractivity contribution in [1.82, 2.24) is 4.90 Å². The molecule has 1 aliphatic rings. The topological polar surface area (TPSA) is 29.3 Å². The summed E-state index contributed by atoms with van der Waals surface area (Å²) in [7, 11) is 0. The van der Waals surface area contributed by atoms with E-state index >= 15 is 0 Å². The van der Waals surface area contributed by atoms with Crippen LogP contribution in [0.25, 0.3) is 0 Å². The van der Waals surface area contributed by atoms with Gasteiger partial charge in [0.1, 0.15) is 0 Å². The smallest absolute Gasteiger partial charge is 0.0246 e. The van der Waals surface area contributed by atoms with Gasteiger partial charge in [0.2, 0.25) is 0 Å². The van der Waals surface area contributed by atoms with E-state index in [9.17, 15) is 0 Å². The molecule has 0 aromatic rings. The second kappa shape index (κ2) is 10.7. The molecule has 0 bridgehead atoms. The van der Waals surface area contributed by atoms with E-state index in [0.717, 1.165) is 12.5 Å². The Hall–Kier alpha value is -0.0800. The van der Waals surface area contributed by atoms with E-state index < -0.39 is 0 Å². The van der Waals surface area contributed by atoms with E-state index in [0.29, 0.717) is 6.04 Å². The molecule has 114 valence electrons. The Labute approximate surface area is 121 Å². The minimum Gasteiger partial charge on any atom is -0.329 e. The van der Waals surface area contributed by atoms with Gasteiger partial charge in [-0.05, 0) is 44.7 Å². The Morgan fingerprint density at radius 2 is 1.47 bits per heavy atom. The molecule has 0 aliphatic heterocycles. The summed E-state index contributed by atoms with van der Waals surface area (Å²) >= 11 is 0. The Morgan fingerprint density at radius 1 is 0.947 bits per heavy atom. The molecule has 1 unspecified atom stereocenters. The molecule has 0 amide bonds. The van der Waals surface area contributed by atoms with Gasteiger partial charge in [-0.15, -0.1) is 0 Å². The fourth-order valence-electron chi connectivity index (χ4n) is 3.50. The number of unbranched alkanes of at least 4 members (excludes halogenated alkanes) is 2. The maximum Gasteiger partial charge on any atom is 0.0246 e. The van der Waals surface area contributed by atoms with Gasteiger partial charge in [0.15, 0.2) is 0 Å². The van der Waals surface area contributed by atoms with Crippen LogP contribution in [0.2, 0.25) is 0 Å². The molecule has 0 radical (unpaired) electrons. The quantitative estimate of drug-likeness (QED) is 0.635. The van der Waals surface area contributed by atoms with Crippen molar-refractivity contribution in [3.63, 3.8) is 0 Å². The average molecular weight is 268 g/mol. The maximum absolute atomic E-state index is 6.16. The average Bonchev–Trinajstić information content (AvgIpc) is 2.71. The van der Waals surface area contributed by atoms with Gasteiger partial charge in [0, 0.05) is 12.6 Å². The lowest BCUT2D eigenvalue weighted by molar-refractivity contribution is 0.131. The molecule has 1 saturated carbocycles. The maximum atomic E-state index is 6.16. The lowest BCUT2D eigenvalue weighted by Gasteiger charge is -2.36. The van der Waals surface area contributed by atoms with Crippen LogP contribution >= 0.6 is 0 Å². The Kier molecular flexibility index (Phi) is 9.54. The largest absolute Gasteiger partial charge is 0.329 e. The summed E-state index contributed by atoms with van der Waals surface area (Å²) in [6.07, 6.45) is 13.8. The summed E-state index contributed by atoms with van der Waals surface area (Å²) in [5.74, 6) is 0.862. The predicted octanol–water partition coefficient (Wildman–Crippen LogP) is 4.19. The zero-order valence-corrected chi connectivity index (χ0v) is 13.4. The van der Waals surface area contributed by atoms with Gasteiger partial charge in [0.05, 0.1) is 0 Å². The van der Waals surface area contributed by atoms with Crippen LogP contribution in [0, 0.1) is 5.92 Å². The molecular weight excluding hydrogens is 232 g/mol. The van der Waals surface area contributed by atoms with Gasteiger partial charge >= 0.3 is 0 Å². The summed E-state index contributed by atoms with van der Waals surface area (Å²) in [6, 6.07) is 0.649. The first-order chi connectivity index (χ1) is 9.33. The highest BCUT2D eigenvalue weighted by molar-refractivity contribution is 4.82. The molecule has 0 spiro atoms. The van der Waals surface area contributed by atoms with Gasteiger partial charge in [-0.2, -0.15) is 0 Å². The van der Waals surface area contributed by atoms with Crippen molar-refractivity contribution in [1.29, 1.82) is 0 Å². The lowest BCUT2D eigenvalue weighted by Crippen LogP contribution is -2.46. The first-order valence-electron chi connectivity index (χ1n) is 8.77. The summed E-state index contributed by atoms with van der Waals surface area (Å²) < 4.78 is 0. The molecule has 2 N–H and O–H groups in total. The van der Waals surface area contributed by atoms with Crippen LogP contribution in [0.5, 0.6) is 0 Å². The van der Waals surface area contributed by atoms with Crippen molar-refractivity contribution >= 4 is 0 Å². The monoisotopic (exact) mass is 268 g/mol. The number of rotatable bonds is 9. The highest BCUT2D eigenvalue weighted by Gasteiger charge is 2.26. The zero-order chi connectivity index (χ0) is 13.9. The van der Waals surface area contributed by atoms with Gasteiger partial charge in [-0.1, -0.05) is 52.4 Å². The fourth-order valence-corrected chi connectivity index (χ4v) is 3.50. The third-order valence-corrected chi connectivity index (χ3v) is 4.75. The standard InChI is InChI=1S/C17H36N2/c1-3-5-13-19(14-6-4-2)17(15-18)16-11-9-7-8-10-12-16/h16-17H,3-15,18H2,1-2H3. The van der Waals surface area contributed by atoms with E-state index in [1.807, 2.05) is 0 Å². The molecular formula is C17H36N2. The first kappa shape index (κ1) is 17.0. The van der Waals surface area contributed by atoms with Crippen molar-refractivity contribution in [2.75, 3.05) is 19.6 Å². The normalized spacial score (nSPS) is 19.6. The van der Waals surface area contributed by atoms with Crippen LogP contribution in [0.4, 0.5) is 0 Å². The number of hydrogen-bond acceptors (Lipinski definition) is 2. The van der Waals surface area contributed by atoms with Crippen molar-refractivity contribution in [3.8, 4) is 0 Å². The third-order valence-electron chi connectivity index (χ3n) is 4.75. The molecule has 1 fully saturated rings. The molecule has 0 heterocycles. The second-order valence-electron chi connectivity index (χ2n) is 6.30. The van der Waals surface area contributed by atoms with E-state index in [-0.39, 0.29) is 0 Å². The zero-order valence-electron chi connectivity index (χ0n) is 13.4. The number of hydrogen-bond donors (Lipinski definition) is 1. The highest BCUT2D eigenvalue weighted by Crippen LogP contribution is 2.28. The SMILES string of the molecule is CCCCN(CCCC)C(CN)C1CCCCCC1. The molecule has 2 heteroatoms. The molecule has 2 nitrogen and oxygen atoms in total. The van der Waals surface area contributed by atoms with Crippen LogP contribution in [0.1, 0.15) is 78.1 Å². The van der Waals surface area contributed by atoms with Crippen molar-refractivity contribution in [2.24, 2.45) is 11.7 Å². The molecule has 1 rings (SSSR count). The molecule has 0 aromatic carbocycles. The predicted molar refractivity (Wildman–Crippen MR) is 85.4 cm³/mol. The van der Waals surface area contributed by atoms with E-state index in [1.54, 1.807) is 0 Å². The van der Waals surface area contributed by atoms with E-state index in [1.165, 1.54) is 77.3 Å². The molecule has 1 aliphatic carbocycles. The van der Waals surface area contributed by atoms with Gasteiger partial charge in [-0.3, -0.25) is 4.90 Å². The van der Waals surface area contributed by atoms with Gasteiger partial charge in [0.25, 0.3) is 0 Å². The molecule has 19 heavy (non-hydrogen) atoms. The summed E-state index contributed by atoms with van der Waals surface area (Å²) in [4.78, 5) is 2.73. The highest BCUT2D eigenvalue weighted by atomic mass is 15.2. The number of nitrogens with two attached hydrogens (primary N) is 1. The molecule has 0 aromatic heterocycles. The van der Waals surface area contributed by atoms with E-state index in [2.05, 4.69) is 18.7 Å².